The van der Waals surface area contributed by atoms with Crippen LogP contribution in [0.25, 0.3) is 0 Å². The number of ether oxygens (including phenoxy) is 4. The molecule has 2 N–H and O–H groups in total. The van der Waals surface area contributed by atoms with Crippen LogP contribution in [0.2, 0.25) is 0 Å². The highest BCUT2D eigenvalue weighted by Gasteiger charge is 2.29. The molecule has 1 atom stereocenters. The summed E-state index contributed by atoms with van der Waals surface area (Å²) in [7, 11) is 2.59. The number of rotatable bonds is 3. The maximum atomic E-state index is 13.0. The first-order valence-electron chi connectivity index (χ1n) is 10.3. The number of nitrogens with one attached hydrogen (secondary N) is 1. The predicted octanol–water partition coefficient (Wildman–Crippen LogP) is 2.04. The van der Waals surface area contributed by atoms with Crippen molar-refractivity contribution in [3.05, 3.63) is 34.4 Å². The number of phenolic OH excluding ortho intramolecular Hbond substituents is 1. The molecule has 1 amide bonds. The summed E-state index contributed by atoms with van der Waals surface area (Å²) in [6.07, 6.45) is 0.915. The zero-order valence-corrected chi connectivity index (χ0v) is 20.8. The Kier molecular flexibility index (Phi) is 8.97. The van der Waals surface area contributed by atoms with Crippen molar-refractivity contribution in [2.45, 2.75) is 45.1 Å². The van der Waals surface area contributed by atoms with Crippen LogP contribution in [-0.2, 0) is 34.3 Å². The fourth-order valence-corrected chi connectivity index (χ4v) is 4.20. The number of aromatic hydroxyl groups is 1. The van der Waals surface area contributed by atoms with Crippen LogP contribution in [0.15, 0.2) is 17.7 Å². The Hall–Kier alpha value is -3.21. The molecule has 0 saturated carbocycles. The van der Waals surface area contributed by atoms with Gasteiger partial charge < -0.3 is 29.4 Å². The van der Waals surface area contributed by atoms with Crippen LogP contribution in [0, 0.1) is 6.92 Å². The quantitative estimate of drug-likeness (QED) is 0.364. The van der Waals surface area contributed by atoms with Gasteiger partial charge in [-0.3, -0.25) is 4.79 Å². The summed E-state index contributed by atoms with van der Waals surface area (Å²) >= 11 is 1.19. The Morgan fingerprint density at radius 1 is 1.26 bits per heavy atom. The summed E-state index contributed by atoms with van der Waals surface area (Å²) in [6.45, 7) is 6.04. The molecular weight excluding hydrogens is 466 g/mol. The van der Waals surface area contributed by atoms with E-state index in [1.165, 1.54) is 32.0 Å². The summed E-state index contributed by atoms with van der Waals surface area (Å²) in [6, 6.07) is 0.339. The van der Waals surface area contributed by atoms with Crippen LogP contribution < -0.4 is 10.1 Å². The number of cyclic esters (lactones) is 1. The number of carbonyl (C=O) groups excluding carboxylic acids is 4. The lowest BCUT2D eigenvalue weighted by atomic mass is 10.0. The zero-order chi connectivity index (χ0) is 25.6. The molecule has 2 rings (SSSR count). The van der Waals surface area contributed by atoms with Gasteiger partial charge in [-0.2, -0.15) is 11.8 Å². The standard InChI is InChI=1S/C23H29NO9S/c1-12-17(30-5)8-16(25)14-10-34-11-15(21(28)31-6)24-20(27)13(9-32-22(29)19(12)14)7-18(26)33-23(2,3)4/h7-8,15,25H,9-11H2,1-6H3,(H,24,27)/b13-7+/t15-/m0/s1. The minimum atomic E-state index is -1.05. The molecule has 0 fully saturated rings. The Morgan fingerprint density at radius 3 is 2.53 bits per heavy atom. The third-order valence-corrected chi connectivity index (χ3v) is 5.78. The van der Waals surface area contributed by atoms with E-state index in [2.05, 4.69) is 5.32 Å². The summed E-state index contributed by atoms with van der Waals surface area (Å²) in [5.41, 5.74) is -0.238. The van der Waals surface area contributed by atoms with Gasteiger partial charge in [0.2, 0.25) is 0 Å². The van der Waals surface area contributed by atoms with E-state index >= 15 is 0 Å². The minimum absolute atomic E-state index is 0.0802. The van der Waals surface area contributed by atoms with Crippen molar-refractivity contribution in [3.8, 4) is 11.5 Å². The van der Waals surface area contributed by atoms with Crippen LogP contribution in [-0.4, -0.2) is 67.1 Å². The highest BCUT2D eigenvalue weighted by Crippen LogP contribution is 2.35. The molecule has 34 heavy (non-hydrogen) atoms. The molecule has 0 aromatic heterocycles. The number of phenols is 1. The van der Waals surface area contributed by atoms with E-state index in [-0.39, 0.29) is 34.1 Å². The Labute approximate surface area is 202 Å². The average molecular weight is 496 g/mol. The van der Waals surface area contributed by atoms with Gasteiger partial charge in [-0.05, 0) is 27.7 Å². The lowest BCUT2D eigenvalue weighted by Gasteiger charge is -2.21. The largest absolute Gasteiger partial charge is 0.507 e. The number of methoxy groups -OCH3 is 2. The fraction of sp³-hybridized carbons (Fsp3) is 0.478. The molecule has 186 valence electrons. The molecule has 1 aliphatic rings. The Bertz CT molecular complexity index is 1010. The summed E-state index contributed by atoms with van der Waals surface area (Å²) < 4.78 is 20.6. The Balaban J connectivity index is 2.53. The number of benzene rings is 1. The Morgan fingerprint density at radius 2 is 1.94 bits per heavy atom. The first-order chi connectivity index (χ1) is 15.9. The molecule has 0 unspecified atom stereocenters. The monoisotopic (exact) mass is 495 g/mol. The molecule has 0 saturated heterocycles. The van der Waals surface area contributed by atoms with Crippen LogP contribution in [0.5, 0.6) is 11.5 Å². The second-order valence-electron chi connectivity index (χ2n) is 8.42. The summed E-state index contributed by atoms with van der Waals surface area (Å²) in [5, 5.41) is 13.0. The normalized spacial score (nSPS) is 18.5. The van der Waals surface area contributed by atoms with Gasteiger partial charge in [0.05, 0.1) is 25.4 Å². The van der Waals surface area contributed by atoms with Crippen LogP contribution in [0.1, 0.15) is 42.3 Å². The second kappa shape index (κ2) is 11.3. The van der Waals surface area contributed by atoms with Crippen molar-refractivity contribution >= 4 is 35.6 Å². The third-order valence-electron chi connectivity index (χ3n) is 4.72. The first kappa shape index (κ1) is 27.0. The highest BCUT2D eigenvalue weighted by molar-refractivity contribution is 7.98. The van der Waals surface area contributed by atoms with Crippen molar-refractivity contribution in [2.24, 2.45) is 0 Å². The molecule has 0 aliphatic carbocycles. The zero-order valence-electron chi connectivity index (χ0n) is 20.0. The van der Waals surface area contributed by atoms with Crippen molar-refractivity contribution in [3.63, 3.8) is 0 Å². The van der Waals surface area contributed by atoms with Gasteiger partial charge in [-0.1, -0.05) is 0 Å². The topological polar surface area (TPSA) is 137 Å². The fourth-order valence-electron chi connectivity index (χ4n) is 3.13. The number of amides is 1. The molecule has 1 aromatic carbocycles. The summed E-state index contributed by atoms with van der Waals surface area (Å²) in [4.78, 5) is 50.4. The number of hydrogen-bond acceptors (Lipinski definition) is 10. The number of carbonyl (C=O) groups is 4. The predicted molar refractivity (Wildman–Crippen MR) is 124 cm³/mol. The van der Waals surface area contributed by atoms with Crippen LogP contribution in [0.4, 0.5) is 0 Å². The molecule has 10 nitrogen and oxygen atoms in total. The molecule has 1 heterocycles. The van der Waals surface area contributed by atoms with E-state index in [0.29, 0.717) is 11.1 Å². The smallest absolute Gasteiger partial charge is 0.339 e. The number of esters is 3. The van der Waals surface area contributed by atoms with Gasteiger partial charge in [0.1, 0.15) is 29.7 Å². The van der Waals surface area contributed by atoms with E-state index in [1.807, 2.05) is 0 Å². The lowest BCUT2D eigenvalue weighted by Crippen LogP contribution is -2.44. The molecule has 11 heteroatoms. The minimum Gasteiger partial charge on any atom is -0.507 e. The van der Waals surface area contributed by atoms with Crippen molar-refractivity contribution in [2.75, 3.05) is 26.6 Å². The molecule has 0 bridgehead atoms. The van der Waals surface area contributed by atoms with Gasteiger partial charge in [0.15, 0.2) is 0 Å². The van der Waals surface area contributed by atoms with E-state index in [0.717, 1.165) is 6.08 Å². The average Bonchev–Trinajstić information content (AvgIpc) is 2.74. The second-order valence-corrected chi connectivity index (χ2v) is 9.45. The van der Waals surface area contributed by atoms with Gasteiger partial charge in [-0.25, -0.2) is 14.4 Å². The maximum absolute atomic E-state index is 13.0. The van der Waals surface area contributed by atoms with E-state index in [1.54, 1.807) is 27.7 Å². The maximum Gasteiger partial charge on any atom is 0.339 e. The molecule has 0 radical (unpaired) electrons. The van der Waals surface area contributed by atoms with Gasteiger partial charge >= 0.3 is 17.9 Å². The van der Waals surface area contributed by atoms with E-state index in [9.17, 15) is 24.3 Å². The number of hydrogen-bond donors (Lipinski definition) is 2. The van der Waals surface area contributed by atoms with Crippen molar-refractivity contribution in [1.29, 1.82) is 0 Å². The van der Waals surface area contributed by atoms with Crippen molar-refractivity contribution < 1.29 is 43.2 Å². The SMILES string of the molecule is COC(=O)[C@@H]1CSCc2c(O)cc(OC)c(C)c2C(=O)OC/C(=C\C(=O)OC(C)(C)C)C(=O)N1. The number of fused-ring (bicyclic) bond motifs is 1. The molecule has 1 aliphatic heterocycles. The number of thioether (sulfide) groups is 1. The van der Waals surface area contributed by atoms with Crippen LogP contribution in [0.3, 0.4) is 0 Å². The van der Waals surface area contributed by atoms with E-state index in [4.69, 9.17) is 18.9 Å². The highest BCUT2D eigenvalue weighted by atomic mass is 32.2. The van der Waals surface area contributed by atoms with Gasteiger partial charge in [0, 0.05) is 34.8 Å². The van der Waals surface area contributed by atoms with Gasteiger partial charge in [-0.15, -0.1) is 0 Å². The molecular formula is C23H29NO9S. The third kappa shape index (κ3) is 6.89. The van der Waals surface area contributed by atoms with Crippen molar-refractivity contribution in [1.82, 2.24) is 5.32 Å². The van der Waals surface area contributed by atoms with Crippen LogP contribution >= 0.6 is 11.8 Å². The molecule has 0 spiro atoms. The molecule has 1 aromatic rings. The summed E-state index contributed by atoms with van der Waals surface area (Å²) in [5.74, 6) is -2.79. The van der Waals surface area contributed by atoms with E-state index < -0.39 is 42.1 Å². The van der Waals surface area contributed by atoms with Gasteiger partial charge in [0.25, 0.3) is 5.91 Å². The first-order valence-corrected chi connectivity index (χ1v) is 11.5. The lowest BCUT2D eigenvalue weighted by molar-refractivity contribution is -0.148.